The number of thiophene rings is 1. The first-order valence-corrected chi connectivity index (χ1v) is 12.5. The fraction of sp³-hybridized carbons (Fsp3) is 0. The number of fused-ring (bicyclic) bond motifs is 5. The smallest absolute Gasteiger partial charge is 0.0991 e. The molecule has 0 bridgehead atoms. The van der Waals surface area contributed by atoms with Gasteiger partial charge in [-0.05, 0) is 74.1 Å². The predicted octanol–water partition coefficient (Wildman–Crippen LogP) is 9.57. The second kappa shape index (κ2) is 7.81. The van der Waals surface area contributed by atoms with Crippen molar-refractivity contribution in [3.63, 3.8) is 0 Å². The van der Waals surface area contributed by atoms with Crippen molar-refractivity contribution >= 4 is 53.1 Å². The van der Waals surface area contributed by atoms with Crippen molar-refractivity contribution in [3.8, 4) is 28.3 Å². The molecule has 0 atom stereocenters. The van der Waals surface area contributed by atoms with Gasteiger partial charge in [0.1, 0.15) is 0 Å². The second-order valence-corrected chi connectivity index (χ2v) is 9.93. The van der Waals surface area contributed by atoms with Crippen molar-refractivity contribution in [2.45, 2.75) is 0 Å². The summed E-state index contributed by atoms with van der Waals surface area (Å²) >= 11 is 1.78. The Hall–Kier alpha value is -4.45. The maximum atomic E-state index is 9.45. The molecule has 0 spiro atoms. The van der Waals surface area contributed by atoms with Gasteiger partial charge in [-0.25, -0.2) is 0 Å². The number of benzene rings is 6. The molecule has 1 heterocycles. The molecule has 0 fully saturated rings. The quantitative estimate of drug-likeness (QED) is 0.235. The highest BCUT2D eigenvalue weighted by Gasteiger charge is 2.17. The van der Waals surface area contributed by atoms with E-state index in [1.165, 1.54) is 58.6 Å². The Morgan fingerprint density at radius 3 is 1.57 bits per heavy atom. The van der Waals surface area contributed by atoms with Crippen LogP contribution in [0.4, 0.5) is 0 Å². The molecule has 0 aliphatic heterocycles. The number of hydrogen-bond acceptors (Lipinski definition) is 2. The van der Waals surface area contributed by atoms with E-state index in [9.17, 15) is 5.26 Å². The molecule has 0 unspecified atom stereocenters. The van der Waals surface area contributed by atoms with Crippen LogP contribution in [0.2, 0.25) is 0 Å². The molecule has 0 aliphatic rings. The van der Waals surface area contributed by atoms with Crippen molar-refractivity contribution in [3.05, 3.63) is 121 Å². The molecule has 0 saturated carbocycles. The highest BCUT2D eigenvalue weighted by atomic mass is 32.1. The van der Waals surface area contributed by atoms with Crippen molar-refractivity contribution in [1.29, 1.82) is 5.26 Å². The third kappa shape index (κ3) is 3.06. The third-order valence-corrected chi connectivity index (χ3v) is 8.03. The molecule has 7 rings (SSSR count). The van der Waals surface area contributed by atoms with Gasteiger partial charge < -0.3 is 0 Å². The van der Waals surface area contributed by atoms with Crippen molar-refractivity contribution in [2.75, 3.05) is 0 Å². The number of rotatable bonds is 2. The predicted molar refractivity (Wildman–Crippen MR) is 150 cm³/mol. The Balaban J connectivity index is 1.61. The van der Waals surface area contributed by atoms with E-state index in [0.29, 0.717) is 5.56 Å². The fourth-order valence-electron chi connectivity index (χ4n) is 5.36. The van der Waals surface area contributed by atoms with Crippen LogP contribution in [-0.4, -0.2) is 0 Å². The summed E-state index contributed by atoms with van der Waals surface area (Å²) < 4.78 is 2.46. The first-order chi connectivity index (χ1) is 17.3. The van der Waals surface area contributed by atoms with Gasteiger partial charge in [0.15, 0.2) is 0 Å². The van der Waals surface area contributed by atoms with Crippen LogP contribution < -0.4 is 0 Å². The molecule has 1 nitrogen and oxygen atoms in total. The van der Waals surface area contributed by atoms with Gasteiger partial charge in [0.05, 0.1) is 11.6 Å². The average Bonchev–Trinajstić information content (AvgIpc) is 3.29. The van der Waals surface area contributed by atoms with Gasteiger partial charge in [-0.2, -0.15) is 5.26 Å². The van der Waals surface area contributed by atoms with Crippen LogP contribution in [0.25, 0.3) is 64.0 Å². The minimum Gasteiger partial charge on any atom is -0.192 e. The van der Waals surface area contributed by atoms with Crippen LogP contribution in [0.3, 0.4) is 0 Å². The van der Waals surface area contributed by atoms with Gasteiger partial charge in [-0.1, -0.05) is 84.9 Å². The normalized spacial score (nSPS) is 11.4. The number of hydrogen-bond donors (Lipinski definition) is 0. The average molecular weight is 462 g/mol. The summed E-state index contributed by atoms with van der Waals surface area (Å²) in [5.41, 5.74) is 5.67. The first-order valence-electron chi connectivity index (χ1n) is 11.7. The van der Waals surface area contributed by atoms with Gasteiger partial charge in [0, 0.05) is 20.2 Å². The standard InChI is InChI=1S/C33H19NS/c34-20-21-14-16-30-28(18-21)29-19-23(15-17-31(29)35-30)33-26-12-6-4-10-24(26)32(22-8-2-1-3-9-22)25-11-5-7-13-27(25)33/h1-19H. The summed E-state index contributed by atoms with van der Waals surface area (Å²) in [6.45, 7) is 0. The Bertz CT molecular complexity index is 1900. The van der Waals surface area contributed by atoms with Crippen LogP contribution in [0.1, 0.15) is 5.56 Å². The number of nitrogens with zero attached hydrogens (tertiary/aromatic N) is 1. The molecular weight excluding hydrogens is 442 g/mol. The molecule has 0 saturated heterocycles. The molecule has 6 aromatic carbocycles. The van der Waals surface area contributed by atoms with Crippen LogP contribution in [0.15, 0.2) is 115 Å². The van der Waals surface area contributed by atoms with E-state index in [1.807, 2.05) is 12.1 Å². The Kier molecular flexibility index (Phi) is 4.45. The zero-order valence-electron chi connectivity index (χ0n) is 18.8. The largest absolute Gasteiger partial charge is 0.192 e. The molecule has 7 aromatic rings. The van der Waals surface area contributed by atoms with Crippen molar-refractivity contribution in [2.24, 2.45) is 0 Å². The topological polar surface area (TPSA) is 23.8 Å². The minimum atomic E-state index is 0.700. The van der Waals surface area contributed by atoms with Gasteiger partial charge in [-0.15, -0.1) is 11.3 Å². The summed E-state index contributed by atoms with van der Waals surface area (Å²) in [6.07, 6.45) is 0. The van der Waals surface area contributed by atoms with E-state index < -0.39 is 0 Å². The lowest BCUT2D eigenvalue weighted by Gasteiger charge is -2.17. The SMILES string of the molecule is N#Cc1ccc2sc3ccc(-c4c5ccccc5c(-c5ccccc5)c5ccccc45)cc3c2c1. The van der Waals surface area contributed by atoms with Crippen LogP contribution in [-0.2, 0) is 0 Å². The molecule has 2 heteroatoms. The Morgan fingerprint density at radius 1 is 0.457 bits per heavy atom. The van der Waals surface area contributed by atoms with E-state index in [1.54, 1.807) is 11.3 Å². The molecule has 0 amide bonds. The van der Waals surface area contributed by atoms with Gasteiger partial charge in [-0.3, -0.25) is 0 Å². The van der Waals surface area contributed by atoms with Crippen molar-refractivity contribution < 1.29 is 0 Å². The van der Waals surface area contributed by atoms with Crippen LogP contribution >= 0.6 is 11.3 Å². The summed E-state index contributed by atoms with van der Waals surface area (Å²) in [4.78, 5) is 0. The molecule has 1 aromatic heterocycles. The maximum Gasteiger partial charge on any atom is 0.0991 e. The number of nitriles is 1. The van der Waals surface area contributed by atoms with E-state index in [4.69, 9.17) is 0 Å². The third-order valence-electron chi connectivity index (χ3n) is 6.88. The Labute approximate surface area is 207 Å². The lowest BCUT2D eigenvalue weighted by molar-refractivity contribution is 1.50. The molecule has 0 N–H and O–H groups in total. The first kappa shape index (κ1) is 20.0. The fourth-order valence-corrected chi connectivity index (χ4v) is 6.42. The highest BCUT2D eigenvalue weighted by molar-refractivity contribution is 7.25. The zero-order chi connectivity index (χ0) is 23.4. The second-order valence-electron chi connectivity index (χ2n) is 8.84. The summed E-state index contributed by atoms with van der Waals surface area (Å²) in [7, 11) is 0. The molecule has 35 heavy (non-hydrogen) atoms. The van der Waals surface area contributed by atoms with Crippen LogP contribution in [0, 0.1) is 11.3 Å². The summed E-state index contributed by atoms with van der Waals surface area (Å²) in [5.74, 6) is 0. The van der Waals surface area contributed by atoms with Crippen molar-refractivity contribution in [1.82, 2.24) is 0 Å². The van der Waals surface area contributed by atoms with Gasteiger partial charge in [0.25, 0.3) is 0 Å². The molecule has 162 valence electrons. The minimum absolute atomic E-state index is 0.700. The van der Waals surface area contributed by atoms with E-state index in [2.05, 4.69) is 109 Å². The zero-order valence-corrected chi connectivity index (χ0v) is 19.6. The van der Waals surface area contributed by atoms with E-state index in [-0.39, 0.29) is 0 Å². The lowest BCUT2D eigenvalue weighted by Crippen LogP contribution is -1.90. The maximum absolute atomic E-state index is 9.45. The molecule has 0 aliphatic carbocycles. The van der Waals surface area contributed by atoms with E-state index in [0.717, 1.165) is 5.39 Å². The van der Waals surface area contributed by atoms with Crippen LogP contribution in [0.5, 0.6) is 0 Å². The molecular formula is C33H19NS. The lowest BCUT2D eigenvalue weighted by atomic mass is 9.86. The highest BCUT2D eigenvalue weighted by Crippen LogP contribution is 2.45. The summed E-state index contributed by atoms with van der Waals surface area (Å²) in [5, 5.41) is 16.8. The molecule has 0 radical (unpaired) electrons. The summed E-state index contributed by atoms with van der Waals surface area (Å²) in [6, 6.07) is 43.3. The van der Waals surface area contributed by atoms with Gasteiger partial charge >= 0.3 is 0 Å². The van der Waals surface area contributed by atoms with E-state index >= 15 is 0 Å². The van der Waals surface area contributed by atoms with Gasteiger partial charge in [0.2, 0.25) is 0 Å². The monoisotopic (exact) mass is 461 g/mol. The Morgan fingerprint density at radius 2 is 0.971 bits per heavy atom.